The smallest absolute Gasteiger partial charge is 0.234 e. The van der Waals surface area contributed by atoms with E-state index in [-0.39, 0.29) is 0 Å². The number of halogens is 1. The van der Waals surface area contributed by atoms with E-state index >= 15 is 0 Å². The lowest BCUT2D eigenvalue weighted by Gasteiger charge is -2.34. The first-order valence-corrected chi connectivity index (χ1v) is 11.1. The molecular formula is C24H25ClN6O. The van der Waals surface area contributed by atoms with Gasteiger partial charge >= 0.3 is 0 Å². The molecule has 0 atom stereocenters. The van der Waals surface area contributed by atoms with Crippen LogP contribution in [0.3, 0.4) is 0 Å². The topological polar surface area (TPSA) is 58.8 Å². The van der Waals surface area contributed by atoms with Crippen molar-refractivity contribution in [2.24, 2.45) is 0 Å². The maximum atomic E-state index is 6.04. The van der Waals surface area contributed by atoms with Crippen molar-refractivity contribution in [3.63, 3.8) is 0 Å². The molecule has 0 saturated carbocycles. The van der Waals surface area contributed by atoms with E-state index in [4.69, 9.17) is 21.3 Å². The third-order valence-electron chi connectivity index (χ3n) is 5.69. The lowest BCUT2D eigenvalue weighted by Crippen LogP contribution is -2.46. The number of aromatic nitrogens is 4. The number of pyridine rings is 1. The number of piperazine rings is 1. The number of hydrogen-bond acceptors (Lipinski definition) is 6. The summed E-state index contributed by atoms with van der Waals surface area (Å²) in [6.07, 6.45) is 7.63. The summed E-state index contributed by atoms with van der Waals surface area (Å²) in [6.45, 7) is 7.02. The van der Waals surface area contributed by atoms with Crippen LogP contribution < -0.4 is 9.64 Å². The molecule has 1 aliphatic heterocycles. The number of fused-ring (bicyclic) bond motifs is 1. The number of benzene rings is 1. The number of hydrogen-bond donors (Lipinski definition) is 0. The van der Waals surface area contributed by atoms with Crippen LogP contribution in [0, 0.1) is 6.92 Å². The average molecular weight is 449 g/mol. The minimum absolute atomic E-state index is 0.408. The molecule has 1 aliphatic rings. The minimum Gasteiger partial charge on any atom is -0.472 e. The van der Waals surface area contributed by atoms with E-state index in [0.29, 0.717) is 17.5 Å². The zero-order valence-corrected chi connectivity index (χ0v) is 18.7. The lowest BCUT2D eigenvalue weighted by molar-refractivity contribution is 0.246. The molecule has 0 radical (unpaired) electrons. The molecule has 0 amide bonds. The number of aryl methyl sites for hydroxylation is 1. The molecule has 0 aliphatic carbocycles. The van der Waals surface area contributed by atoms with Crippen LogP contribution in [0.25, 0.3) is 5.65 Å². The summed E-state index contributed by atoms with van der Waals surface area (Å²) in [7, 11) is 0. The highest BCUT2D eigenvalue weighted by molar-refractivity contribution is 6.30. The van der Waals surface area contributed by atoms with Gasteiger partial charge in [0.05, 0.1) is 18.1 Å². The number of anilines is 1. The molecule has 1 aromatic carbocycles. The summed E-state index contributed by atoms with van der Waals surface area (Å²) < 4.78 is 7.94. The van der Waals surface area contributed by atoms with Crippen molar-refractivity contribution >= 4 is 23.1 Å². The van der Waals surface area contributed by atoms with Gasteiger partial charge in [-0.15, -0.1) is 0 Å². The zero-order chi connectivity index (χ0) is 21.9. The normalized spacial score (nSPS) is 14.8. The quantitative estimate of drug-likeness (QED) is 0.444. The largest absolute Gasteiger partial charge is 0.472 e. The van der Waals surface area contributed by atoms with E-state index in [0.717, 1.165) is 55.4 Å². The first-order valence-electron chi connectivity index (χ1n) is 10.7. The van der Waals surface area contributed by atoms with Crippen molar-refractivity contribution in [1.82, 2.24) is 24.3 Å². The molecule has 0 N–H and O–H groups in total. The molecule has 32 heavy (non-hydrogen) atoms. The van der Waals surface area contributed by atoms with Crippen molar-refractivity contribution in [2.45, 2.75) is 20.1 Å². The van der Waals surface area contributed by atoms with Crippen molar-refractivity contribution < 1.29 is 4.74 Å². The second-order valence-corrected chi connectivity index (χ2v) is 8.49. The summed E-state index contributed by atoms with van der Waals surface area (Å²) in [4.78, 5) is 18.5. The first kappa shape index (κ1) is 20.7. The summed E-state index contributed by atoms with van der Waals surface area (Å²) in [5.74, 6) is 1.36. The van der Waals surface area contributed by atoms with E-state index in [1.54, 1.807) is 12.4 Å². The standard InChI is InChI=1S/C24H25ClN6O/c1-18-4-3-7-31-16-21(27-24(18)31)15-29-8-10-30(11-9-29)22-13-26-14-23(28-22)32-17-19-5-2-6-20(25)12-19/h2-7,12-14,16H,8-11,15,17H2,1H3. The van der Waals surface area contributed by atoms with Gasteiger partial charge in [0, 0.05) is 50.1 Å². The fourth-order valence-corrected chi connectivity index (χ4v) is 4.20. The van der Waals surface area contributed by atoms with Gasteiger partial charge in [-0.05, 0) is 36.2 Å². The number of nitrogens with zero attached hydrogens (tertiary/aromatic N) is 6. The highest BCUT2D eigenvalue weighted by atomic mass is 35.5. The lowest BCUT2D eigenvalue weighted by atomic mass is 10.2. The Morgan fingerprint density at radius 2 is 1.91 bits per heavy atom. The maximum absolute atomic E-state index is 6.04. The van der Waals surface area contributed by atoms with Gasteiger partial charge in [0.1, 0.15) is 12.3 Å². The van der Waals surface area contributed by atoms with E-state index in [2.05, 4.69) is 55.6 Å². The fourth-order valence-electron chi connectivity index (χ4n) is 3.99. The van der Waals surface area contributed by atoms with Crippen LogP contribution in [0.15, 0.2) is 61.2 Å². The molecule has 8 heteroatoms. The predicted octanol–water partition coefficient (Wildman–Crippen LogP) is 3.99. The number of ether oxygens (including phenoxy) is 1. The van der Waals surface area contributed by atoms with Gasteiger partial charge in [0.15, 0.2) is 5.82 Å². The van der Waals surface area contributed by atoms with Gasteiger partial charge in [-0.3, -0.25) is 9.88 Å². The molecule has 0 spiro atoms. The highest BCUT2D eigenvalue weighted by Crippen LogP contribution is 2.19. The van der Waals surface area contributed by atoms with Crippen LogP contribution in [0.2, 0.25) is 5.02 Å². The van der Waals surface area contributed by atoms with Crippen molar-refractivity contribution in [3.8, 4) is 5.88 Å². The third kappa shape index (κ3) is 4.69. The van der Waals surface area contributed by atoms with Crippen LogP contribution in [0.4, 0.5) is 5.82 Å². The zero-order valence-electron chi connectivity index (χ0n) is 18.0. The SMILES string of the molecule is Cc1cccn2cc(CN3CCN(c4cncc(OCc5cccc(Cl)c5)n4)CC3)nc12. The van der Waals surface area contributed by atoms with E-state index in [9.17, 15) is 0 Å². The molecule has 1 fully saturated rings. The molecule has 4 heterocycles. The fraction of sp³-hybridized carbons (Fsp3) is 0.292. The Hall–Kier alpha value is -3.16. The van der Waals surface area contributed by atoms with Crippen LogP contribution >= 0.6 is 11.6 Å². The van der Waals surface area contributed by atoms with Gasteiger partial charge < -0.3 is 14.0 Å². The minimum atomic E-state index is 0.408. The van der Waals surface area contributed by atoms with Crippen LogP contribution in [-0.4, -0.2) is 50.4 Å². The molecule has 5 rings (SSSR count). The Kier molecular flexibility index (Phi) is 5.92. The second-order valence-electron chi connectivity index (χ2n) is 8.05. The van der Waals surface area contributed by atoms with Crippen molar-refractivity contribution in [3.05, 3.63) is 83.0 Å². The van der Waals surface area contributed by atoms with Crippen LogP contribution in [-0.2, 0) is 13.2 Å². The predicted molar refractivity (Wildman–Crippen MR) is 125 cm³/mol. The molecule has 0 unspecified atom stereocenters. The van der Waals surface area contributed by atoms with Gasteiger partial charge in [-0.2, -0.15) is 4.98 Å². The van der Waals surface area contributed by atoms with Gasteiger partial charge in [0.2, 0.25) is 5.88 Å². The van der Waals surface area contributed by atoms with E-state index < -0.39 is 0 Å². The molecular weight excluding hydrogens is 424 g/mol. The molecule has 0 bridgehead atoms. The van der Waals surface area contributed by atoms with Crippen molar-refractivity contribution in [1.29, 1.82) is 0 Å². The molecule has 4 aromatic rings. The average Bonchev–Trinajstić information content (AvgIpc) is 3.22. The molecule has 7 nitrogen and oxygen atoms in total. The Morgan fingerprint density at radius 1 is 1.03 bits per heavy atom. The van der Waals surface area contributed by atoms with E-state index in [1.165, 1.54) is 5.56 Å². The number of rotatable bonds is 6. The summed E-state index contributed by atoms with van der Waals surface area (Å²) in [5, 5.41) is 0.697. The van der Waals surface area contributed by atoms with E-state index in [1.807, 2.05) is 24.3 Å². The maximum Gasteiger partial charge on any atom is 0.234 e. The van der Waals surface area contributed by atoms with Gasteiger partial charge in [-0.25, -0.2) is 4.98 Å². The molecule has 164 valence electrons. The highest BCUT2D eigenvalue weighted by Gasteiger charge is 2.20. The van der Waals surface area contributed by atoms with Crippen molar-refractivity contribution in [2.75, 3.05) is 31.1 Å². The van der Waals surface area contributed by atoms with Crippen LogP contribution in [0.5, 0.6) is 5.88 Å². The second kappa shape index (κ2) is 9.14. The first-order chi connectivity index (χ1) is 15.6. The molecule has 3 aromatic heterocycles. The summed E-state index contributed by atoms with van der Waals surface area (Å²) in [5.41, 5.74) is 4.33. The summed E-state index contributed by atoms with van der Waals surface area (Å²) >= 11 is 6.04. The van der Waals surface area contributed by atoms with Gasteiger partial charge in [0.25, 0.3) is 0 Å². The summed E-state index contributed by atoms with van der Waals surface area (Å²) in [6, 6.07) is 11.8. The Bertz CT molecular complexity index is 1220. The monoisotopic (exact) mass is 448 g/mol. The third-order valence-corrected chi connectivity index (χ3v) is 5.92. The van der Waals surface area contributed by atoms with Crippen LogP contribution in [0.1, 0.15) is 16.8 Å². The Balaban J connectivity index is 1.17. The Labute approximate surface area is 192 Å². The number of imidazole rings is 1. The van der Waals surface area contributed by atoms with Gasteiger partial charge in [-0.1, -0.05) is 29.8 Å². The molecule has 1 saturated heterocycles. The Morgan fingerprint density at radius 3 is 2.72 bits per heavy atom.